The molecule has 0 spiro atoms. The number of amides is 2. The van der Waals surface area contributed by atoms with Gasteiger partial charge in [-0.1, -0.05) is 6.07 Å². The van der Waals surface area contributed by atoms with Gasteiger partial charge in [0.2, 0.25) is 10.0 Å². The molecule has 1 aliphatic heterocycles. The molecule has 2 aromatic rings. The highest BCUT2D eigenvalue weighted by Gasteiger charge is 2.33. The Morgan fingerprint density at radius 1 is 1.18 bits per heavy atom. The largest absolute Gasteiger partial charge is 0.465 e. The lowest BCUT2D eigenvalue weighted by molar-refractivity contribution is -0.0951. The molecule has 40 heavy (non-hydrogen) atoms. The summed E-state index contributed by atoms with van der Waals surface area (Å²) in [7, 11) is -3.96. The van der Waals surface area contributed by atoms with Crippen molar-refractivity contribution in [2.24, 2.45) is 0 Å². The van der Waals surface area contributed by atoms with Crippen LogP contribution in [0.25, 0.3) is 10.4 Å². The first kappa shape index (κ1) is 30.2. The lowest BCUT2D eigenvalue weighted by atomic mass is 9.85. The number of thiazole rings is 1. The molecule has 4 rings (SSSR count). The van der Waals surface area contributed by atoms with Crippen molar-refractivity contribution in [1.82, 2.24) is 14.6 Å². The Hall–Kier alpha value is -2.74. The molecular weight excluding hydrogens is 556 g/mol. The first-order chi connectivity index (χ1) is 18.7. The monoisotopic (exact) mass is 594 g/mol. The van der Waals surface area contributed by atoms with Crippen LogP contribution >= 0.6 is 11.3 Å². The highest BCUT2D eigenvalue weighted by Crippen LogP contribution is 2.41. The molecule has 13 heteroatoms. The third-order valence-electron chi connectivity index (χ3n) is 6.84. The third kappa shape index (κ3) is 7.31. The average molecular weight is 595 g/mol. The van der Waals surface area contributed by atoms with Crippen LogP contribution in [0.2, 0.25) is 0 Å². The van der Waals surface area contributed by atoms with Gasteiger partial charge in [-0.2, -0.15) is 0 Å². The van der Waals surface area contributed by atoms with E-state index in [2.05, 4.69) is 15.0 Å². The maximum absolute atomic E-state index is 13.5. The number of anilines is 1. The summed E-state index contributed by atoms with van der Waals surface area (Å²) >= 11 is 1.44. The first-order valence-corrected chi connectivity index (χ1v) is 15.7. The van der Waals surface area contributed by atoms with E-state index in [4.69, 9.17) is 9.47 Å². The lowest BCUT2D eigenvalue weighted by Crippen LogP contribution is -2.45. The van der Waals surface area contributed by atoms with Gasteiger partial charge < -0.3 is 19.5 Å². The molecule has 220 valence electrons. The molecule has 3 N–H and O–H groups in total. The number of ether oxygens (including phenoxy) is 2. The summed E-state index contributed by atoms with van der Waals surface area (Å²) in [5, 5.41) is 13.1. The van der Waals surface area contributed by atoms with E-state index < -0.39 is 27.7 Å². The van der Waals surface area contributed by atoms with Crippen molar-refractivity contribution in [2.45, 2.75) is 94.8 Å². The van der Waals surface area contributed by atoms with Crippen molar-refractivity contribution >= 4 is 39.2 Å². The Bertz CT molecular complexity index is 1320. The predicted molar refractivity (Wildman–Crippen MR) is 152 cm³/mol. The number of carbonyl (C=O) groups excluding carboxylic acids is 1. The van der Waals surface area contributed by atoms with Crippen molar-refractivity contribution in [3.8, 4) is 10.4 Å². The molecule has 1 aliphatic carbocycles. The zero-order chi connectivity index (χ0) is 29.2. The van der Waals surface area contributed by atoms with Crippen LogP contribution in [0.1, 0.15) is 71.2 Å². The first-order valence-electron chi connectivity index (χ1n) is 13.4. The van der Waals surface area contributed by atoms with Gasteiger partial charge in [-0.15, -0.1) is 11.3 Å². The minimum absolute atomic E-state index is 0.0167. The van der Waals surface area contributed by atoms with Crippen LogP contribution in [-0.4, -0.2) is 72.5 Å². The quantitative estimate of drug-likeness (QED) is 0.376. The topological polar surface area (TPSA) is 147 Å². The predicted octanol–water partition coefficient (Wildman–Crippen LogP) is 5.25. The second-order valence-corrected chi connectivity index (χ2v) is 14.3. The van der Waals surface area contributed by atoms with Gasteiger partial charge in [0.1, 0.15) is 0 Å². The summed E-state index contributed by atoms with van der Waals surface area (Å²) in [6, 6.07) is 4.64. The molecule has 2 fully saturated rings. The SMILES string of the molecule is CC(C)N(C(=O)O)C1CCC(c2ncc(-c3ccc(NC(=O)OC4COC4)cc3S(=O)(=O)NC(C)(C)C)s2)CC1. The minimum atomic E-state index is -3.96. The van der Waals surface area contributed by atoms with Gasteiger partial charge in [0.05, 0.1) is 28.0 Å². The zero-order valence-corrected chi connectivity index (χ0v) is 25.1. The van der Waals surface area contributed by atoms with Crippen molar-refractivity contribution in [3.05, 3.63) is 29.4 Å². The van der Waals surface area contributed by atoms with Gasteiger partial charge in [0.15, 0.2) is 6.10 Å². The van der Waals surface area contributed by atoms with Crippen LogP contribution in [0.3, 0.4) is 0 Å². The molecule has 2 amide bonds. The third-order valence-corrected chi connectivity index (χ3v) is 9.84. The number of hydrogen-bond donors (Lipinski definition) is 3. The number of benzene rings is 1. The molecule has 0 bridgehead atoms. The van der Waals surface area contributed by atoms with E-state index >= 15 is 0 Å². The van der Waals surface area contributed by atoms with E-state index in [-0.39, 0.29) is 29.0 Å². The van der Waals surface area contributed by atoms with Crippen molar-refractivity contribution in [1.29, 1.82) is 0 Å². The highest BCUT2D eigenvalue weighted by atomic mass is 32.2. The van der Waals surface area contributed by atoms with Crippen LogP contribution in [0.5, 0.6) is 0 Å². The molecular formula is C27H38N4O7S2. The van der Waals surface area contributed by atoms with Crippen LogP contribution in [0.15, 0.2) is 29.3 Å². The van der Waals surface area contributed by atoms with E-state index in [1.54, 1.807) is 39.1 Å². The smallest absolute Gasteiger partial charge is 0.412 e. The van der Waals surface area contributed by atoms with E-state index in [1.165, 1.54) is 22.3 Å². The number of carbonyl (C=O) groups is 2. The summed E-state index contributed by atoms with van der Waals surface area (Å²) in [6.07, 6.45) is 2.93. The Morgan fingerprint density at radius 3 is 2.40 bits per heavy atom. The fraction of sp³-hybridized carbons (Fsp3) is 0.593. The van der Waals surface area contributed by atoms with Crippen LogP contribution in [0, 0.1) is 0 Å². The van der Waals surface area contributed by atoms with Crippen LogP contribution < -0.4 is 10.0 Å². The van der Waals surface area contributed by atoms with Crippen molar-refractivity contribution in [2.75, 3.05) is 18.5 Å². The molecule has 1 saturated heterocycles. The van der Waals surface area contributed by atoms with Gasteiger partial charge in [0.25, 0.3) is 0 Å². The maximum atomic E-state index is 13.5. The summed E-state index contributed by atoms with van der Waals surface area (Å²) in [6.45, 7) is 9.74. The number of hydrogen-bond acceptors (Lipinski definition) is 8. The number of carboxylic acid groups (broad SMARTS) is 1. The van der Waals surface area contributed by atoms with Gasteiger partial charge in [-0.25, -0.2) is 27.7 Å². The fourth-order valence-electron chi connectivity index (χ4n) is 5.07. The standard InChI is InChI=1S/C27H38N4O7S2/c1-16(2)31(26(33)34)19-9-6-17(7-10-19)24-28-13-22(39-24)21-11-8-18(29-25(32)38-20-14-37-15-20)12-23(21)40(35,36)30-27(3,4)5/h8,11-13,16-17,19-20,30H,6-7,9-10,14-15H2,1-5H3,(H,29,32)(H,33,34). The summed E-state index contributed by atoms with van der Waals surface area (Å²) in [4.78, 5) is 30.9. The molecule has 11 nitrogen and oxygen atoms in total. The summed E-state index contributed by atoms with van der Waals surface area (Å²) < 4.78 is 39.9. The Labute approximate surface area is 239 Å². The van der Waals surface area contributed by atoms with Crippen LogP contribution in [-0.2, 0) is 19.5 Å². The van der Waals surface area contributed by atoms with Crippen molar-refractivity contribution in [3.63, 3.8) is 0 Å². The van der Waals surface area contributed by atoms with Crippen LogP contribution in [0.4, 0.5) is 15.3 Å². The second-order valence-electron chi connectivity index (χ2n) is 11.6. The Balaban J connectivity index is 1.56. The highest BCUT2D eigenvalue weighted by molar-refractivity contribution is 7.89. The van der Waals surface area contributed by atoms with E-state index in [0.717, 1.165) is 30.7 Å². The fourth-order valence-corrected chi connectivity index (χ4v) is 7.92. The molecule has 2 aliphatic rings. The number of nitrogens with one attached hydrogen (secondary N) is 2. The second kappa shape index (κ2) is 12.0. The summed E-state index contributed by atoms with van der Waals surface area (Å²) in [5.41, 5.74) is 0.0526. The number of nitrogens with zero attached hydrogens (tertiary/aromatic N) is 2. The maximum Gasteiger partial charge on any atom is 0.412 e. The Morgan fingerprint density at radius 2 is 1.85 bits per heavy atom. The molecule has 0 unspecified atom stereocenters. The van der Waals surface area contributed by atoms with Gasteiger partial charge in [-0.3, -0.25) is 5.32 Å². The molecule has 0 atom stereocenters. The molecule has 2 heterocycles. The van der Waals surface area contributed by atoms with E-state index in [0.29, 0.717) is 29.3 Å². The van der Waals surface area contributed by atoms with Crippen molar-refractivity contribution < 1.29 is 32.6 Å². The number of sulfonamides is 1. The molecule has 1 aromatic heterocycles. The number of rotatable bonds is 8. The van der Waals surface area contributed by atoms with E-state index in [1.807, 2.05) is 13.8 Å². The average Bonchev–Trinajstić information content (AvgIpc) is 3.30. The van der Waals surface area contributed by atoms with Gasteiger partial charge in [-0.05, 0) is 72.4 Å². The van der Waals surface area contributed by atoms with Gasteiger partial charge in [0, 0.05) is 41.0 Å². The Kier molecular flexibility index (Phi) is 9.08. The summed E-state index contributed by atoms with van der Waals surface area (Å²) in [5.74, 6) is 0.178. The van der Waals surface area contributed by atoms with Gasteiger partial charge >= 0.3 is 12.2 Å². The van der Waals surface area contributed by atoms with E-state index in [9.17, 15) is 23.1 Å². The molecule has 0 radical (unpaired) electrons. The minimum Gasteiger partial charge on any atom is -0.465 e. The number of aromatic nitrogens is 1. The normalized spacial score (nSPS) is 20.1. The molecule has 1 aromatic carbocycles. The zero-order valence-electron chi connectivity index (χ0n) is 23.5. The molecule has 1 saturated carbocycles. The lowest BCUT2D eigenvalue weighted by Gasteiger charge is -2.37.